The zero-order chi connectivity index (χ0) is 13.7. The van der Waals surface area contributed by atoms with E-state index in [-0.39, 0.29) is 12.5 Å². The van der Waals surface area contributed by atoms with Crippen molar-refractivity contribution in [3.8, 4) is 0 Å². The first-order valence-corrected chi connectivity index (χ1v) is 6.72. The van der Waals surface area contributed by atoms with E-state index in [4.69, 9.17) is 5.11 Å². The van der Waals surface area contributed by atoms with Gasteiger partial charge in [0.05, 0.1) is 0 Å². The fourth-order valence-corrected chi connectivity index (χ4v) is 2.46. The molecule has 19 heavy (non-hydrogen) atoms. The molecular weight excluding hydrogens is 264 g/mol. The van der Waals surface area contributed by atoms with Crippen molar-refractivity contribution in [1.82, 2.24) is 9.88 Å². The van der Waals surface area contributed by atoms with Crippen LogP contribution >= 0.6 is 11.3 Å². The zero-order valence-electron chi connectivity index (χ0n) is 10.2. The van der Waals surface area contributed by atoms with Gasteiger partial charge in [-0.3, -0.25) is 9.59 Å². The lowest BCUT2D eigenvalue weighted by Crippen LogP contribution is -2.28. The summed E-state index contributed by atoms with van der Waals surface area (Å²) in [5.41, 5.74) is 0.369. The molecule has 0 bridgehead atoms. The first kappa shape index (κ1) is 13.4. The van der Waals surface area contributed by atoms with Gasteiger partial charge in [-0.25, -0.2) is 0 Å². The van der Waals surface area contributed by atoms with Crippen molar-refractivity contribution in [2.24, 2.45) is 0 Å². The highest BCUT2D eigenvalue weighted by atomic mass is 32.1. The van der Waals surface area contributed by atoms with Crippen LogP contribution in [-0.2, 0) is 17.8 Å². The Balaban J connectivity index is 1.89. The Morgan fingerprint density at radius 1 is 1.32 bits per heavy atom. The number of thiophene rings is 1. The summed E-state index contributed by atoms with van der Waals surface area (Å²) in [7, 11) is 0. The molecule has 5 nitrogen and oxygen atoms in total. The first-order valence-electron chi connectivity index (χ1n) is 5.84. The van der Waals surface area contributed by atoms with Gasteiger partial charge in [-0.15, -0.1) is 11.3 Å². The molecule has 0 atom stereocenters. The highest BCUT2D eigenvalue weighted by molar-refractivity contribution is 7.09. The average Bonchev–Trinajstić information content (AvgIpc) is 2.99. The summed E-state index contributed by atoms with van der Waals surface area (Å²) in [5, 5.41) is 13.5. The Morgan fingerprint density at radius 2 is 2.16 bits per heavy atom. The lowest BCUT2D eigenvalue weighted by Gasteiger charge is -2.07. The predicted octanol–water partition coefficient (Wildman–Crippen LogP) is 1.61. The third kappa shape index (κ3) is 3.69. The molecule has 2 heterocycles. The van der Waals surface area contributed by atoms with E-state index in [1.807, 2.05) is 17.5 Å². The number of nitrogens with zero attached hydrogens (tertiary/aromatic N) is 1. The van der Waals surface area contributed by atoms with Gasteiger partial charge < -0.3 is 15.0 Å². The number of carbonyl (C=O) groups excluding carboxylic acids is 1. The Labute approximate surface area is 114 Å². The molecule has 0 radical (unpaired) electrons. The van der Waals surface area contributed by atoms with Crippen LogP contribution in [0.2, 0.25) is 0 Å². The highest BCUT2D eigenvalue weighted by Crippen LogP contribution is 2.08. The molecular formula is C13H14N2O3S. The van der Waals surface area contributed by atoms with Crippen LogP contribution in [0.3, 0.4) is 0 Å². The molecule has 0 aliphatic heterocycles. The predicted molar refractivity (Wildman–Crippen MR) is 72.4 cm³/mol. The van der Waals surface area contributed by atoms with E-state index in [2.05, 4.69) is 5.32 Å². The number of aromatic nitrogens is 1. The minimum atomic E-state index is -0.969. The minimum Gasteiger partial charge on any atom is -0.480 e. The summed E-state index contributed by atoms with van der Waals surface area (Å²) in [6.45, 7) is 0.332. The number of aliphatic carboxylic acids is 1. The Morgan fingerprint density at radius 3 is 2.84 bits per heavy atom. The third-order valence-electron chi connectivity index (χ3n) is 2.60. The number of carboxylic acids is 1. The first-order chi connectivity index (χ1) is 9.16. The number of carboxylic acid groups (broad SMARTS) is 1. The topological polar surface area (TPSA) is 71.3 Å². The van der Waals surface area contributed by atoms with Gasteiger partial charge in [0.2, 0.25) is 0 Å². The van der Waals surface area contributed by atoms with E-state index in [0.29, 0.717) is 12.2 Å². The molecule has 0 aliphatic carbocycles. The van der Waals surface area contributed by atoms with Gasteiger partial charge in [-0.2, -0.15) is 0 Å². The highest BCUT2D eigenvalue weighted by Gasteiger charge is 2.11. The Bertz CT molecular complexity index is 560. The summed E-state index contributed by atoms with van der Waals surface area (Å²) in [6.07, 6.45) is 2.37. The molecule has 100 valence electrons. The SMILES string of the molecule is O=C(O)Cn1cccc1C(=O)NCCc1cccs1. The second-order valence-corrected chi connectivity index (χ2v) is 5.03. The van der Waals surface area contributed by atoms with Gasteiger partial charge in [-0.05, 0) is 30.0 Å². The van der Waals surface area contributed by atoms with Crippen LogP contribution < -0.4 is 5.32 Å². The van der Waals surface area contributed by atoms with Crippen LogP contribution in [0.15, 0.2) is 35.8 Å². The number of amides is 1. The molecule has 0 unspecified atom stereocenters. The van der Waals surface area contributed by atoms with E-state index in [0.717, 1.165) is 6.42 Å². The third-order valence-corrected chi connectivity index (χ3v) is 3.54. The molecule has 0 fully saturated rings. The molecule has 1 amide bonds. The summed E-state index contributed by atoms with van der Waals surface area (Å²) in [5.74, 6) is -1.22. The van der Waals surface area contributed by atoms with E-state index in [1.54, 1.807) is 29.7 Å². The molecule has 0 saturated carbocycles. The fraction of sp³-hybridized carbons (Fsp3) is 0.231. The number of hydrogen-bond donors (Lipinski definition) is 2. The van der Waals surface area contributed by atoms with Crippen molar-refractivity contribution in [3.63, 3.8) is 0 Å². The maximum absolute atomic E-state index is 11.9. The fourth-order valence-electron chi connectivity index (χ4n) is 1.75. The second-order valence-electron chi connectivity index (χ2n) is 4.00. The summed E-state index contributed by atoms with van der Waals surface area (Å²) in [4.78, 5) is 23.8. The monoisotopic (exact) mass is 278 g/mol. The van der Waals surface area contributed by atoms with Gasteiger partial charge in [-0.1, -0.05) is 6.07 Å². The van der Waals surface area contributed by atoms with Crippen LogP contribution in [0, 0.1) is 0 Å². The van der Waals surface area contributed by atoms with Crippen LogP contribution in [0.5, 0.6) is 0 Å². The molecule has 2 N–H and O–H groups in total. The van der Waals surface area contributed by atoms with E-state index < -0.39 is 5.97 Å². The van der Waals surface area contributed by atoms with Crippen molar-refractivity contribution in [1.29, 1.82) is 0 Å². The number of hydrogen-bond acceptors (Lipinski definition) is 3. The Kier molecular flexibility index (Phi) is 4.35. The molecule has 0 saturated heterocycles. The van der Waals surface area contributed by atoms with E-state index in [9.17, 15) is 9.59 Å². The van der Waals surface area contributed by atoms with Gasteiger partial charge >= 0.3 is 5.97 Å². The van der Waals surface area contributed by atoms with Gasteiger partial charge in [0.15, 0.2) is 0 Å². The van der Waals surface area contributed by atoms with Crippen molar-refractivity contribution in [3.05, 3.63) is 46.4 Å². The van der Waals surface area contributed by atoms with Crippen LogP contribution in [0.25, 0.3) is 0 Å². The van der Waals surface area contributed by atoms with Crippen LogP contribution in [0.4, 0.5) is 0 Å². The summed E-state index contributed by atoms with van der Waals surface area (Å²) < 4.78 is 1.42. The number of nitrogens with one attached hydrogen (secondary N) is 1. The molecule has 6 heteroatoms. The maximum atomic E-state index is 11.9. The second kappa shape index (κ2) is 6.19. The molecule has 0 aliphatic rings. The quantitative estimate of drug-likeness (QED) is 0.843. The van der Waals surface area contributed by atoms with E-state index in [1.165, 1.54) is 9.44 Å². The largest absolute Gasteiger partial charge is 0.480 e. The summed E-state index contributed by atoms with van der Waals surface area (Å²) in [6, 6.07) is 7.27. The average molecular weight is 278 g/mol. The molecule has 2 aromatic rings. The maximum Gasteiger partial charge on any atom is 0.323 e. The van der Waals surface area contributed by atoms with Crippen LogP contribution in [-0.4, -0.2) is 28.1 Å². The van der Waals surface area contributed by atoms with Gasteiger partial charge in [0, 0.05) is 17.6 Å². The van der Waals surface area contributed by atoms with Crippen LogP contribution in [0.1, 0.15) is 15.4 Å². The lowest BCUT2D eigenvalue weighted by atomic mass is 10.3. The standard InChI is InChI=1S/C13H14N2O3S/c16-12(17)9-15-7-1-4-11(15)13(18)14-6-5-10-3-2-8-19-10/h1-4,7-8H,5-6,9H2,(H,14,18)(H,16,17). The molecule has 0 aromatic carbocycles. The van der Waals surface area contributed by atoms with Gasteiger partial charge in [0.1, 0.15) is 12.2 Å². The molecule has 2 aromatic heterocycles. The summed E-state index contributed by atoms with van der Waals surface area (Å²) >= 11 is 1.65. The Hall–Kier alpha value is -2.08. The smallest absolute Gasteiger partial charge is 0.323 e. The lowest BCUT2D eigenvalue weighted by molar-refractivity contribution is -0.137. The minimum absolute atomic E-state index is 0.208. The van der Waals surface area contributed by atoms with E-state index >= 15 is 0 Å². The molecule has 2 rings (SSSR count). The number of rotatable bonds is 6. The van der Waals surface area contributed by atoms with Crippen molar-refractivity contribution in [2.45, 2.75) is 13.0 Å². The number of carbonyl (C=O) groups is 2. The van der Waals surface area contributed by atoms with Gasteiger partial charge in [0.25, 0.3) is 5.91 Å². The van der Waals surface area contributed by atoms with Crippen molar-refractivity contribution in [2.75, 3.05) is 6.54 Å². The zero-order valence-corrected chi connectivity index (χ0v) is 11.0. The van der Waals surface area contributed by atoms with Crippen molar-refractivity contribution < 1.29 is 14.7 Å². The van der Waals surface area contributed by atoms with Crippen molar-refractivity contribution >= 4 is 23.2 Å². The normalized spacial score (nSPS) is 10.3. The molecule has 0 spiro atoms.